The van der Waals surface area contributed by atoms with Crippen molar-refractivity contribution in [3.63, 3.8) is 0 Å². The number of hydrogen-bond acceptors (Lipinski definition) is 7. The molecule has 0 aliphatic carbocycles. The van der Waals surface area contributed by atoms with E-state index in [1.807, 2.05) is 18.2 Å². The van der Waals surface area contributed by atoms with E-state index in [0.29, 0.717) is 38.8 Å². The molecule has 8 heteroatoms. The predicted octanol–water partition coefficient (Wildman–Crippen LogP) is 1.07. The molecule has 0 heterocycles. The molecule has 0 fully saturated rings. The largest absolute Gasteiger partial charge is 0.478 e. The maximum absolute atomic E-state index is 9.60. The molecule has 0 bridgehead atoms. The molecule has 0 radical (unpaired) electrons. The number of para-hydroxylation sites is 1. The second kappa shape index (κ2) is 16.5. The number of ether oxygens (including phenoxy) is 4. The Hall–Kier alpha value is -1.97. The van der Waals surface area contributed by atoms with Gasteiger partial charge in [0.25, 0.3) is 0 Å². The molecule has 0 aliphatic heterocycles. The third kappa shape index (κ3) is 14.4. The van der Waals surface area contributed by atoms with Crippen LogP contribution < -0.4 is 4.74 Å². The van der Waals surface area contributed by atoms with Gasteiger partial charge in [0.1, 0.15) is 12.4 Å². The molecule has 3 N–H and O–H groups in total. The fourth-order valence-corrected chi connectivity index (χ4v) is 1.40. The molecule has 0 saturated heterocycles. The van der Waals surface area contributed by atoms with Crippen molar-refractivity contribution in [3.8, 4) is 5.75 Å². The zero-order valence-electron chi connectivity index (χ0n) is 15.0. The van der Waals surface area contributed by atoms with Crippen LogP contribution in [0.2, 0.25) is 0 Å². The van der Waals surface area contributed by atoms with Gasteiger partial charge in [-0.25, -0.2) is 4.79 Å². The number of carboxylic acids is 1. The number of hydrogen-bond donors (Lipinski definition) is 3. The highest BCUT2D eigenvalue weighted by molar-refractivity contribution is 5.84. The van der Waals surface area contributed by atoms with Crippen molar-refractivity contribution in [2.75, 3.05) is 46.2 Å². The third-order valence-electron chi connectivity index (χ3n) is 2.66. The summed E-state index contributed by atoms with van der Waals surface area (Å²) >= 11 is 0. The summed E-state index contributed by atoms with van der Waals surface area (Å²) in [6.07, 6.45) is -0.702. The van der Waals surface area contributed by atoms with Crippen LogP contribution in [0.25, 0.3) is 0 Å². The van der Waals surface area contributed by atoms with Gasteiger partial charge in [-0.3, -0.25) is 0 Å². The Balaban J connectivity index is 0.000000896. The minimum Gasteiger partial charge on any atom is -0.478 e. The van der Waals surface area contributed by atoms with Gasteiger partial charge in [-0.15, -0.1) is 0 Å². The SMILES string of the molecule is C=C(C)C(=O)O.OCCOCCOCCOC(CO)Oc1ccccc1. The van der Waals surface area contributed by atoms with Crippen LogP contribution in [-0.2, 0) is 19.0 Å². The van der Waals surface area contributed by atoms with Crippen molar-refractivity contribution < 1.29 is 39.1 Å². The van der Waals surface area contributed by atoms with E-state index in [9.17, 15) is 4.79 Å². The van der Waals surface area contributed by atoms with Crippen molar-refractivity contribution in [1.82, 2.24) is 0 Å². The van der Waals surface area contributed by atoms with Gasteiger partial charge in [-0.2, -0.15) is 0 Å². The van der Waals surface area contributed by atoms with E-state index in [1.165, 1.54) is 6.92 Å². The van der Waals surface area contributed by atoms with Crippen molar-refractivity contribution in [3.05, 3.63) is 42.5 Å². The Bertz CT molecular complexity index is 465. The highest BCUT2D eigenvalue weighted by atomic mass is 16.7. The minimum atomic E-state index is -0.935. The summed E-state index contributed by atoms with van der Waals surface area (Å²) in [5, 5.41) is 25.5. The van der Waals surface area contributed by atoms with Crippen LogP contribution in [0.4, 0.5) is 0 Å². The normalized spacial score (nSPS) is 11.2. The second-order valence-electron chi connectivity index (χ2n) is 4.95. The van der Waals surface area contributed by atoms with Crippen molar-refractivity contribution in [2.24, 2.45) is 0 Å². The first-order chi connectivity index (χ1) is 12.5. The molecule has 1 aromatic rings. The number of carboxylic acid groups (broad SMARTS) is 1. The Labute approximate surface area is 153 Å². The summed E-state index contributed by atoms with van der Waals surface area (Å²) in [5.41, 5.74) is 0.176. The first-order valence-electron chi connectivity index (χ1n) is 8.10. The Morgan fingerprint density at radius 3 is 2.08 bits per heavy atom. The molecule has 1 aromatic carbocycles. The van der Waals surface area contributed by atoms with Gasteiger partial charge in [0, 0.05) is 5.57 Å². The quantitative estimate of drug-likeness (QED) is 0.268. The Morgan fingerprint density at radius 2 is 1.58 bits per heavy atom. The van der Waals surface area contributed by atoms with Crippen LogP contribution >= 0.6 is 0 Å². The highest BCUT2D eigenvalue weighted by Gasteiger charge is 2.08. The summed E-state index contributed by atoms with van der Waals surface area (Å²) in [6.45, 7) is 6.28. The lowest BCUT2D eigenvalue weighted by Gasteiger charge is -2.17. The van der Waals surface area contributed by atoms with Crippen LogP contribution in [0.3, 0.4) is 0 Å². The van der Waals surface area contributed by atoms with Crippen LogP contribution in [0, 0.1) is 0 Å². The van der Waals surface area contributed by atoms with Gasteiger partial charge in [-0.05, 0) is 19.1 Å². The number of aliphatic hydroxyl groups is 2. The fraction of sp³-hybridized carbons (Fsp3) is 0.500. The van der Waals surface area contributed by atoms with E-state index in [4.69, 9.17) is 34.3 Å². The number of benzene rings is 1. The molecule has 1 unspecified atom stereocenters. The van der Waals surface area contributed by atoms with Crippen LogP contribution in [0.15, 0.2) is 42.5 Å². The van der Waals surface area contributed by atoms with E-state index in [0.717, 1.165) is 0 Å². The highest BCUT2D eigenvalue weighted by Crippen LogP contribution is 2.11. The first-order valence-corrected chi connectivity index (χ1v) is 8.10. The van der Waals surface area contributed by atoms with Gasteiger partial charge in [0.05, 0.1) is 39.6 Å². The summed E-state index contributed by atoms with van der Waals surface area (Å²) in [7, 11) is 0. The monoisotopic (exact) mass is 372 g/mol. The van der Waals surface area contributed by atoms with Gasteiger partial charge in [0.15, 0.2) is 0 Å². The number of aliphatic hydroxyl groups excluding tert-OH is 2. The predicted molar refractivity (Wildman–Crippen MR) is 95.1 cm³/mol. The zero-order valence-corrected chi connectivity index (χ0v) is 15.0. The average molecular weight is 372 g/mol. The molecular weight excluding hydrogens is 344 g/mol. The lowest BCUT2D eigenvalue weighted by atomic mass is 10.3. The second-order valence-corrected chi connectivity index (χ2v) is 4.95. The molecule has 8 nitrogen and oxygen atoms in total. The van der Waals surface area contributed by atoms with Crippen molar-refractivity contribution >= 4 is 5.97 Å². The zero-order chi connectivity index (χ0) is 19.6. The van der Waals surface area contributed by atoms with Crippen molar-refractivity contribution in [2.45, 2.75) is 13.2 Å². The number of aliphatic carboxylic acids is 1. The number of carbonyl (C=O) groups is 1. The van der Waals surface area contributed by atoms with E-state index < -0.39 is 12.3 Å². The van der Waals surface area contributed by atoms with Gasteiger partial charge in [-0.1, -0.05) is 24.8 Å². The lowest BCUT2D eigenvalue weighted by molar-refractivity contribution is -0.132. The molecule has 148 valence electrons. The summed E-state index contributed by atoms with van der Waals surface area (Å²) in [5.74, 6) is -0.292. The Morgan fingerprint density at radius 1 is 1.04 bits per heavy atom. The minimum absolute atomic E-state index is 0.0120. The smallest absolute Gasteiger partial charge is 0.330 e. The summed E-state index contributed by atoms with van der Waals surface area (Å²) in [6, 6.07) is 9.16. The standard InChI is InChI=1S/C14H22O6.C4H6O2/c15-6-7-17-8-9-18-10-11-19-14(12-16)20-13-4-2-1-3-5-13;1-3(2)4(5)6/h1-5,14-16H,6-12H2;1H2,2H3,(H,5,6). The van der Waals surface area contributed by atoms with E-state index in [2.05, 4.69) is 6.58 Å². The van der Waals surface area contributed by atoms with Gasteiger partial charge < -0.3 is 34.3 Å². The van der Waals surface area contributed by atoms with E-state index in [1.54, 1.807) is 12.1 Å². The maximum atomic E-state index is 9.60. The molecular formula is C18H28O8. The summed E-state index contributed by atoms with van der Waals surface area (Å²) in [4.78, 5) is 9.60. The average Bonchev–Trinajstić information content (AvgIpc) is 2.64. The fourth-order valence-electron chi connectivity index (χ4n) is 1.40. The van der Waals surface area contributed by atoms with Gasteiger partial charge in [0.2, 0.25) is 6.29 Å². The van der Waals surface area contributed by atoms with Crippen LogP contribution in [-0.4, -0.2) is 73.8 Å². The molecule has 0 amide bonds. The molecule has 0 saturated carbocycles. The third-order valence-corrected chi connectivity index (χ3v) is 2.66. The van der Waals surface area contributed by atoms with Gasteiger partial charge >= 0.3 is 5.97 Å². The molecule has 1 rings (SSSR count). The molecule has 1 atom stereocenters. The molecule has 0 spiro atoms. The molecule has 26 heavy (non-hydrogen) atoms. The Kier molecular flexibility index (Phi) is 15.2. The van der Waals surface area contributed by atoms with Crippen LogP contribution in [0.5, 0.6) is 5.75 Å². The van der Waals surface area contributed by atoms with E-state index >= 15 is 0 Å². The topological polar surface area (TPSA) is 115 Å². The van der Waals surface area contributed by atoms with E-state index in [-0.39, 0.29) is 18.8 Å². The molecule has 0 aromatic heterocycles. The first kappa shape index (κ1) is 24.0. The maximum Gasteiger partial charge on any atom is 0.330 e. The van der Waals surface area contributed by atoms with Crippen LogP contribution in [0.1, 0.15) is 6.92 Å². The van der Waals surface area contributed by atoms with Crippen molar-refractivity contribution in [1.29, 1.82) is 0 Å². The lowest BCUT2D eigenvalue weighted by Crippen LogP contribution is -2.26. The molecule has 0 aliphatic rings. The number of rotatable bonds is 13. The summed E-state index contributed by atoms with van der Waals surface area (Å²) < 4.78 is 21.1.